The van der Waals surface area contributed by atoms with Gasteiger partial charge in [-0.1, -0.05) is 12.1 Å². The first-order chi connectivity index (χ1) is 16.9. The number of amides is 1. The van der Waals surface area contributed by atoms with E-state index in [0.29, 0.717) is 42.4 Å². The maximum Gasteiger partial charge on any atom is 0.225 e. The van der Waals surface area contributed by atoms with Crippen molar-refractivity contribution in [1.82, 2.24) is 15.3 Å². The number of benzene rings is 2. The Morgan fingerprint density at radius 2 is 1.69 bits per heavy atom. The van der Waals surface area contributed by atoms with Gasteiger partial charge in [-0.15, -0.1) is 0 Å². The van der Waals surface area contributed by atoms with Gasteiger partial charge in [0.1, 0.15) is 17.3 Å². The second-order valence-corrected chi connectivity index (χ2v) is 9.35. The number of rotatable bonds is 9. The molecule has 4 rings (SSSR count). The van der Waals surface area contributed by atoms with Crippen LogP contribution in [0.5, 0.6) is 11.5 Å². The van der Waals surface area contributed by atoms with E-state index in [1.54, 1.807) is 20.3 Å². The molecule has 1 saturated carbocycles. The van der Waals surface area contributed by atoms with Crippen molar-refractivity contribution in [1.29, 1.82) is 0 Å². The van der Waals surface area contributed by atoms with Crippen LogP contribution in [0.1, 0.15) is 31.2 Å². The van der Waals surface area contributed by atoms with Crippen LogP contribution >= 0.6 is 0 Å². The monoisotopic (exact) mass is 477 g/mol. The fraction of sp³-hybridized carbons (Fsp3) is 0.444. The fourth-order valence-corrected chi connectivity index (χ4v) is 4.63. The van der Waals surface area contributed by atoms with E-state index in [1.807, 2.05) is 49.3 Å². The second-order valence-electron chi connectivity index (χ2n) is 9.35. The Kier molecular flexibility index (Phi) is 7.90. The Balaban J connectivity index is 1.27. The fourth-order valence-electron chi connectivity index (χ4n) is 4.63. The normalized spacial score (nSPS) is 17.6. The van der Waals surface area contributed by atoms with Crippen LogP contribution in [0.2, 0.25) is 0 Å². The smallest absolute Gasteiger partial charge is 0.225 e. The van der Waals surface area contributed by atoms with Crippen LogP contribution in [0.25, 0.3) is 10.9 Å². The van der Waals surface area contributed by atoms with Crippen molar-refractivity contribution in [2.24, 2.45) is 5.92 Å². The summed E-state index contributed by atoms with van der Waals surface area (Å²) in [6.45, 7) is 0.698. The van der Waals surface area contributed by atoms with E-state index >= 15 is 0 Å². The third-order valence-electron chi connectivity index (χ3n) is 6.55. The van der Waals surface area contributed by atoms with Gasteiger partial charge in [-0.05, 0) is 61.4 Å². The van der Waals surface area contributed by atoms with E-state index in [4.69, 9.17) is 19.4 Å². The van der Waals surface area contributed by atoms with Gasteiger partial charge < -0.3 is 25.0 Å². The third kappa shape index (κ3) is 6.32. The molecule has 0 saturated heterocycles. The summed E-state index contributed by atoms with van der Waals surface area (Å²) in [5.74, 6) is 3.46. The molecule has 1 aliphatic carbocycles. The maximum atomic E-state index is 12.5. The van der Waals surface area contributed by atoms with Crippen molar-refractivity contribution >= 4 is 28.6 Å². The predicted molar refractivity (Wildman–Crippen MR) is 139 cm³/mol. The Morgan fingerprint density at radius 1 is 1.00 bits per heavy atom. The molecule has 0 bridgehead atoms. The van der Waals surface area contributed by atoms with Gasteiger partial charge in [-0.2, -0.15) is 4.98 Å². The lowest BCUT2D eigenvalue weighted by Crippen LogP contribution is -2.34. The molecule has 2 aromatic carbocycles. The highest BCUT2D eigenvalue weighted by Crippen LogP contribution is 2.28. The number of hydrogen-bond donors (Lipinski definition) is 2. The first-order valence-electron chi connectivity index (χ1n) is 12.1. The van der Waals surface area contributed by atoms with Crippen molar-refractivity contribution in [3.63, 3.8) is 0 Å². The molecule has 8 heteroatoms. The summed E-state index contributed by atoms with van der Waals surface area (Å²) < 4.78 is 10.6. The van der Waals surface area contributed by atoms with Gasteiger partial charge >= 0.3 is 0 Å². The summed E-state index contributed by atoms with van der Waals surface area (Å²) in [6.07, 6.45) is 4.47. The SMILES string of the molecule is COc1cc(CC(=O)NC[C@H]2CC[C@@H](Nc3nc(N(C)C)c4ccccc4n3)CC2)cc(OC)c1. The average Bonchev–Trinajstić information content (AvgIpc) is 2.87. The number of nitrogens with zero attached hydrogens (tertiary/aromatic N) is 3. The summed E-state index contributed by atoms with van der Waals surface area (Å²) in [5.41, 5.74) is 1.82. The Hall–Kier alpha value is -3.55. The molecule has 0 aliphatic heterocycles. The Bertz CT molecular complexity index is 1140. The number of methoxy groups -OCH3 is 2. The quantitative estimate of drug-likeness (QED) is 0.481. The molecule has 1 amide bonds. The number of ether oxygens (including phenoxy) is 2. The van der Waals surface area contributed by atoms with E-state index < -0.39 is 0 Å². The molecule has 8 nitrogen and oxygen atoms in total. The topological polar surface area (TPSA) is 88.6 Å². The molecule has 35 heavy (non-hydrogen) atoms. The number of hydrogen-bond acceptors (Lipinski definition) is 7. The Labute approximate surface area is 207 Å². The highest BCUT2D eigenvalue weighted by molar-refractivity contribution is 5.90. The van der Waals surface area contributed by atoms with Crippen LogP contribution in [-0.2, 0) is 11.2 Å². The number of aromatic nitrogens is 2. The molecule has 0 spiro atoms. The molecule has 0 radical (unpaired) electrons. The lowest BCUT2D eigenvalue weighted by molar-refractivity contribution is -0.120. The minimum atomic E-state index is 0.0151. The average molecular weight is 478 g/mol. The summed E-state index contributed by atoms with van der Waals surface area (Å²) in [6, 6.07) is 14.0. The summed E-state index contributed by atoms with van der Waals surface area (Å²) in [5, 5.41) is 7.71. The molecule has 0 atom stereocenters. The predicted octanol–water partition coefficient (Wildman–Crippen LogP) is 4.04. The Morgan fingerprint density at radius 3 is 2.34 bits per heavy atom. The van der Waals surface area contributed by atoms with Crippen LogP contribution in [0.15, 0.2) is 42.5 Å². The van der Waals surface area contributed by atoms with Gasteiger partial charge in [-0.3, -0.25) is 4.79 Å². The minimum Gasteiger partial charge on any atom is -0.497 e. The summed E-state index contributed by atoms with van der Waals surface area (Å²) >= 11 is 0. The van der Waals surface area contributed by atoms with Crippen molar-refractivity contribution in [3.05, 3.63) is 48.0 Å². The minimum absolute atomic E-state index is 0.0151. The molecule has 3 aromatic rings. The zero-order chi connectivity index (χ0) is 24.8. The molecule has 2 N–H and O–H groups in total. The van der Waals surface area contributed by atoms with Crippen LogP contribution in [-0.4, -0.2) is 56.8 Å². The van der Waals surface area contributed by atoms with Gasteiger partial charge in [0.15, 0.2) is 0 Å². The van der Waals surface area contributed by atoms with E-state index in [-0.39, 0.29) is 5.91 Å². The molecular formula is C27H35N5O3. The van der Waals surface area contributed by atoms with Gasteiger partial charge in [0.05, 0.1) is 26.2 Å². The van der Waals surface area contributed by atoms with E-state index in [9.17, 15) is 4.79 Å². The van der Waals surface area contributed by atoms with Gasteiger partial charge in [0.25, 0.3) is 0 Å². The number of anilines is 2. The first kappa shape index (κ1) is 24.6. The summed E-state index contributed by atoms with van der Waals surface area (Å²) in [4.78, 5) is 24.1. The molecule has 0 unspecified atom stereocenters. The van der Waals surface area contributed by atoms with Crippen molar-refractivity contribution in [2.75, 3.05) is 45.1 Å². The third-order valence-corrected chi connectivity index (χ3v) is 6.55. The number of carbonyl (C=O) groups is 1. The van der Waals surface area contributed by atoms with E-state index in [1.165, 1.54) is 0 Å². The molecular weight excluding hydrogens is 442 g/mol. The number of nitrogens with one attached hydrogen (secondary N) is 2. The van der Waals surface area contributed by atoms with Crippen LogP contribution < -0.4 is 25.0 Å². The van der Waals surface area contributed by atoms with Crippen LogP contribution in [0.4, 0.5) is 11.8 Å². The standard InChI is InChI=1S/C27H35N5O3/c1-32(2)26-23-7-5-6-8-24(23)30-27(31-26)29-20-11-9-18(10-12-20)17-28-25(33)15-19-13-21(34-3)16-22(14-19)35-4/h5-8,13-14,16,18,20H,9-12,15,17H2,1-4H3,(H,28,33)(H,29,30,31)/t18-,20+. The highest BCUT2D eigenvalue weighted by atomic mass is 16.5. The molecule has 1 fully saturated rings. The molecule has 186 valence electrons. The van der Waals surface area contributed by atoms with Gasteiger partial charge in [-0.25, -0.2) is 4.98 Å². The largest absolute Gasteiger partial charge is 0.497 e. The second kappa shape index (κ2) is 11.3. The van der Waals surface area contributed by atoms with Crippen LogP contribution in [0, 0.1) is 5.92 Å². The first-order valence-corrected chi connectivity index (χ1v) is 12.1. The summed E-state index contributed by atoms with van der Waals surface area (Å²) in [7, 11) is 7.22. The number of carbonyl (C=O) groups excluding carboxylic acids is 1. The van der Waals surface area contributed by atoms with Crippen molar-refractivity contribution < 1.29 is 14.3 Å². The van der Waals surface area contributed by atoms with Gasteiger partial charge in [0, 0.05) is 38.1 Å². The van der Waals surface area contributed by atoms with Crippen molar-refractivity contribution in [3.8, 4) is 11.5 Å². The zero-order valence-electron chi connectivity index (χ0n) is 21.0. The van der Waals surface area contributed by atoms with Gasteiger partial charge in [0.2, 0.25) is 11.9 Å². The molecule has 1 aromatic heterocycles. The zero-order valence-corrected chi connectivity index (χ0v) is 21.0. The maximum absolute atomic E-state index is 12.5. The lowest BCUT2D eigenvalue weighted by Gasteiger charge is -2.29. The number of para-hydroxylation sites is 1. The van der Waals surface area contributed by atoms with E-state index in [0.717, 1.165) is 48.0 Å². The van der Waals surface area contributed by atoms with Crippen molar-refractivity contribution in [2.45, 2.75) is 38.1 Å². The number of fused-ring (bicyclic) bond motifs is 1. The highest BCUT2D eigenvalue weighted by Gasteiger charge is 2.23. The van der Waals surface area contributed by atoms with E-state index in [2.05, 4.69) is 16.7 Å². The molecule has 1 heterocycles. The molecule has 1 aliphatic rings. The lowest BCUT2D eigenvalue weighted by atomic mass is 9.86. The van der Waals surface area contributed by atoms with Crippen LogP contribution in [0.3, 0.4) is 0 Å².